The first-order chi connectivity index (χ1) is 9.33. The summed E-state index contributed by atoms with van der Waals surface area (Å²) in [6.07, 6.45) is 0.918. The van der Waals surface area contributed by atoms with Gasteiger partial charge in [-0.15, -0.1) is 11.3 Å². The molecule has 0 radical (unpaired) electrons. The minimum Gasteiger partial charge on any atom is -0.490 e. The lowest BCUT2D eigenvalue weighted by molar-refractivity contribution is 0.185. The number of benzene rings is 1. The smallest absolute Gasteiger partial charge is 0.162 e. The summed E-state index contributed by atoms with van der Waals surface area (Å²) in [5, 5.41) is 1.16. The van der Waals surface area contributed by atoms with Crippen LogP contribution in [0, 0.1) is 0 Å². The number of hydrogen-bond donors (Lipinski definition) is 1. The number of nitrogens with two attached hydrogens (primary N) is 1. The van der Waals surface area contributed by atoms with Crippen molar-refractivity contribution in [2.75, 3.05) is 20.3 Å². The standard InChI is InChI=1S/C14H17NO3S/c1-16-8-10-9-5-11-12(18-4-2-3-17-11)6-13(9)19-14(10)7-15/h5-6H,2-4,7-8,15H2,1H3. The third-order valence-electron chi connectivity index (χ3n) is 3.22. The largest absolute Gasteiger partial charge is 0.490 e. The summed E-state index contributed by atoms with van der Waals surface area (Å²) < 4.78 is 17.9. The van der Waals surface area contributed by atoms with Crippen molar-refractivity contribution in [2.24, 2.45) is 5.73 Å². The molecule has 0 fully saturated rings. The molecule has 0 saturated heterocycles. The van der Waals surface area contributed by atoms with Gasteiger partial charge in [-0.2, -0.15) is 0 Å². The molecule has 2 aromatic rings. The van der Waals surface area contributed by atoms with Crippen molar-refractivity contribution < 1.29 is 14.2 Å². The van der Waals surface area contributed by atoms with Gasteiger partial charge in [-0.1, -0.05) is 0 Å². The zero-order chi connectivity index (χ0) is 13.2. The van der Waals surface area contributed by atoms with Crippen LogP contribution in [-0.2, 0) is 17.9 Å². The van der Waals surface area contributed by atoms with Crippen LogP contribution in [0.3, 0.4) is 0 Å². The van der Waals surface area contributed by atoms with E-state index >= 15 is 0 Å². The van der Waals surface area contributed by atoms with Crippen LogP contribution in [0.15, 0.2) is 12.1 Å². The fourth-order valence-electron chi connectivity index (χ4n) is 2.32. The molecule has 102 valence electrons. The monoisotopic (exact) mass is 279 g/mol. The lowest BCUT2D eigenvalue weighted by Gasteiger charge is -2.08. The van der Waals surface area contributed by atoms with E-state index in [2.05, 4.69) is 12.1 Å². The molecule has 4 nitrogen and oxygen atoms in total. The maximum absolute atomic E-state index is 5.82. The van der Waals surface area contributed by atoms with Crippen molar-refractivity contribution in [1.29, 1.82) is 0 Å². The minimum absolute atomic E-state index is 0.532. The molecule has 1 aliphatic rings. The van der Waals surface area contributed by atoms with Gasteiger partial charge in [-0.3, -0.25) is 0 Å². The van der Waals surface area contributed by atoms with Gasteiger partial charge in [0, 0.05) is 46.7 Å². The Morgan fingerprint density at radius 3 is 2.68 bits per heavy atom. The molecule has 0 spiro atoms. The molecule has 3 rings (SSSR count). The Morgan fingerprint density at radius 1 is 1.26 bits per heavy atom. The van der Waals surface area contributed by atoms with E-state index in [9.17, 15) is 0 Å². The molecule has 0 amide bonds. The maximum Gasteiger partial charge on any atom is 0.162 e. The number of fused-ring (bicyclic) bond motifs is 2. The highest BCUT2D eigenvalue weighted by molar-refractivity contribution is 7.19. The SMILES string of the molecule is COCc1c(CN)sc2cc3c(cc12)OCCCO3. The van der Waals surface area contributed by atoms with Crippen LogP contribution < -0.4 is 15.2 Å². The van der Waals surface area contributed by atoms with Gasteiger partial charge < -0.3 is 19.9 Å². The summed E-state index contributed by atoms with van der Waals surface area (Å²) in [4.78, 5) is 1.16. The molecule has 1 aromatic carbocycles. The van der Waals surface area contributed by atoms with Gasteiger partial charge in [-0.25, -0.2) is 0 Å². The molecular weight excluding hydrogens is 262 g/mol. The molecular formula is C14H17NO3S. The fraction of sp³-hybridized carbons (Fsp3) is 0.429. The van der Waals surface area contributed by atoms with E-state index in [1.807, 2.05) is 0 Å². The third kappa shape index (κ3) is 2.29. The van der Waals surface area contributed by atoms with Crippen LogP contribution in [0.5, 0.6) is 11.5 Å². The number of rotatable bonds is 3. The van der Waals surface area contributed by atoms with Crippen molar-refractivity contribution in [3.05, 3.63) is 22.6 Å². The van der Waals surface area contributed by atoms with Crippen LogP contribution in [0.1, 0.15) is 16.9 Å². The van der Waals surface area contributed by atoms with Gasteiger partial charge in [0.05, 0.1) is 19.8 Å². The summed E-state index contributed by atoms with van der Waals surface area (Å²) in [5.41, 5.74) is 6.98. The second-order valence-electron chi connectivity index (χ2n) is 4.49. The van der Waals surface area contributed by atoms with E-state index in [-0.39, 0.29) is 0 Å². The quantitative estimate of drug-likeness (QED) is 0.938. The fourth-order valence-corrected chi connectivity index (χ4v) is 3.42. The Labute approximate surface area is 116 Å². The zero-order valence-electron chi connectivity index (χ0n) is 10.9. The van der Waals surface area contributed by atoms with E-state index in [1.165, 1.54) is 10.3 Å². The lowest BCUT2D eigenvalue weighted by atomic mass is 10.1. The molecule has 2 heterocycles. The molecule has 2 N–H and O–H groups in total. The molecule has 0 atom stereocenters. The topological polar surface area (TPSA) is 53.7 Å². The van der Waals surface area contributed by atoms with Gasteiger partial charge >= 0.3 is 0 Å². The van der Waals surface area contributed by atoms with E-state index in [4.69, 9.17) is 19.9 Å². The van der Waals surface area contributed by atoms with E-state index in [0.717, 1.165) is 28.2 Å². The van der Waals surface area contributed by atoms with Crippen LogP contribution in [-0.4, -0.2) is 20.3 Å². The molecule has 1 aliphatic heterocycles. The number of ether oxygens (including phenoxy) is 3. The Hall–Kier alpha value is -1.30. The van der Waals surface area contributed by atoms with Crippen molar-refractivity contribution in [1.82, 2.24) is 0 Å². The number of hydrogen-bond acceptors (Lipinski definition) is 5. The Kier molecular flexibility index (Phi) is 3.59. The van der Waals surface area contributed by atoms with Gasteiger partial charge in [-0.05, 0) is 6.07 Å². The molecule has 0 saturated carbocycles. The van der Waals surface area contributed by atoms with E-state index in [0.29, 0.717) is 26.4 Å². The molecule has 19 heavy (non-hydrogen) atoms. The van der Waals surface area contributed by atoms with Gasteiger partial charge in [0.2, 0.25) is 0 Å². The van der Waals surface area contributed by atoms with Crippen LogP contribution in [0.2, 0.25) is 0 Å². The summed E-state index contributed by atoms with van der Waals surface area (Å²) in [6, 6.07) is 4.11. The van der Waals surface area contributed by atoms with Crippen molar-refractivity contribution in [2.45, 2.75) is 19.6 Å². The Bertz CT molecular complexity index is 594. The van der Waals surface area contributed by atoms with Gasteiger partial charge in [0.25, 0.3) is 0 Å². The highest BCUT2D eigenvalue weighted by atomic mass is 32.1. The molecule has 0 unspecified atom stereocenters. The first-order valence-electron chi connectivity index (χ1n) is 6.36. The second kappa shape index (κ2) is 5.36. The van der Waals surface area contributed by atoms with E-state index < -0.39 is 0 Å². The van der Waals surface area contributed by atoms with Crippen LogP contribution in [0.4, 0.5) is 0 Å². The second-order valence-corrected chi connectivity index (χ2v) is 5.62. The summed E-state index contributed by atoms with van der Waals surface area (Å²) in [5.74, 6) is 1.66. The Balaban J connectivity index is 2.16. The van der Waals surface area contributed by atoms with Crippen LogP contribution >= 0.6 is 11.3 Å². The lowest BCUT2D eigenvalue weighted by Crippen LogP contribution is -1.98. The molecule has 0 bridgehead atoms. The molecule has 5 heteroatoms. The predicted octanol–water partition coefficient (Wildman–Crippen LogP) is 2.67. The third-order valence-corrected chi connectivity index (χ3v) is 4.44. The predicted molar refractivity (Wildman–Crippen MR) is 76.0 cm³/mol. The maximum atomic E-state index is 5.82. The summed E-state index contributed by atoms with van der Waals surface area (Å²) in [6.45, 7) is 2.52. The van der Waals surface area contributed by atoms with Crippen LogP contribution in [0.25, 0.3) is 10.1 Å². The molecule has 0 aliphatic carbocycles. The van der Waals surface area contributed by atoms with Crippen molar-refractivity contribution in [3.8, 4) is 11.5 Å². The number of methoxy groups -OCH3 is 1. The van der Waals surface area contributed by atoms with Crippen molar-refractivity contribution in [3.63, 3.8) is 0 Å². The number of thiophene rings is 1. The van der Waals surface area contributed by atoms with Crippen molar-refractivity contribution >= 4 is 21.4 Å². The summed E-state index contributed by atoms with van der Waals surface area (Å²) in [7, 11) is 1.70. The summed E-state index contributed by atoms with van der Waals surface area (Å²) >= 11 is 1.70. The Morgan fingerprint density at radius 2 is 2.00 bits per heavy atom. The normalized spacial score (nSPS) is 14.6. The zero-order valence-corrected chi connectivity index (χ0v) is 11.7. The highest BCUT2D eigenvalue weighted by Gasteiger charge is 2.17. The average molecular weight is 279 g/mol. The first-order valence-corrected chi connectivity index (χ1v) is 7.18. The highest BCUT2D eigenvalue weighted by Crippen LogP contribution is 2.40. The van der Waals surface area contributed by atoms with E-state index in [1.54, 1.807) is 18.4 Å². The molecule has 1 aromatic heterocycles. The minimum atomic E-state index is 0.532. The first kappa shape index (κ1) is 12.7. The van der Waals surface area contributed by atoms with Gasteiger partial charge in [0.1, 0.15) is 0 Å². The van der Waals surface area contributed by atoms with Gasteiger partial charge in [0.15, 0.2) is 11.5 Å². The average Bonchev–Trinajstić information content (AvgIpc) is 2.60.